The van der Waals surface area contributed by atoms with Gasteiger partial charge in [-0.2, -0.15) is 26.3 Å². The summed E-state index contributed by atoms with van der Waals surface area (Å²) in [5.41, 5.74) is -1.32. The lowest BCUT2D eigenvalue weighted by molar-refractivity contribution is -0.142. The van der Waals surface area contributed by atoms with Gasteiger partial charge in [-0.3, -0.25) is 0 Å². The molecular weight excluding hydrogens is 346 g/mol. The number of nitrogens with zero attached hydrogens (tertiary/aromatic N) is 2. The van der Waals surface area contributed by atoms with E-state index in [0.717, 1.165) is 12.1 Å². The number of pyridine rings is 2. The Morgan fingerprint density at radius 1 is 0.826 bits per heavy atom. The molecule has 0 aromatic carbocycles. The number of alkyl halides is 6. The number of rotatable bonds is 1. The summed E-state index contributed by atoms with van der Waals surface area (Å²) in [6.45, 7) is 1.77. The number of halogens is 7. The molecule has 0 unspecified atom stereocenters. The number of aromatic nitrogens is 2. The molecule has 0 saturated carbocycles. The van der Waals surface area contributed by atoms with Crippen LogP contribution in [0.25, 0.3) is 0 Å². The van der Waals surface area contributed by atoms with E-state index in [1.54, 1.807) is 13.0 Å². The second-order valence-corrected chi connectivity index (χ2v) is 4.60. The summed E-state index contributed by atoms with van der Waals surface area (Å²) in [4.78, 5) is 6.52. The molecule has 23 heavy (non-hydrogen) atoms. The molecule has 0 N–H and O–H groups in total. The fraction of sp³-hybridized carbons (Fsp3) is 0.286. The zero-order valence-electron chi connectivity index (χ0n) is 11.7. The highest BCUT2D eigenvalue weighted by atomic mass is 35.5. The Kier molecular flexibility index (Phi) is 6.37. The lowest BCUT2D eigenvalue weighted by Gasteiger charge is -2.05. The molecule has 0 spiro atoms. The van der Waals surface area contributed by atoms with E-state index in [4.69, 9.17) is 11.6 Å². The van der Waals surface area contributed by atoms with Crippen LogP contribution in [0.1, 0.15) is 24.0 Å². The topological polar surface area (TPSA) is 25.8 Å². The van der Waals surface area contributed by atoms with Crippen molar-refractivity contribution in [2.24, 2.45) is 0 Å². The van der Waals surface area contributed by atoms with Gasteiger partial charge in [0.25, 0.3) is 0 Å². The van der Waals surface area contributed by atoms with E-state index in [-0.39, 0.29) is 5.15 Å². The van der Waals surface area contributed by atoms with Crippen LogP contribution >= 0.6 is 11.6 Å². The van der Waals surface area contributed by atoms with Gasteiger partial charge in [-0.15, -0.1) is 0 Å². The molecule has 126 valence electrons. The van der Waals surface area contributed by atoms with Crippen LogP contribution in [0.5, 0.6) is 0 Å². The summed E-state index contributed by atoms with van der Waals surface area (Å²) in [6.07, 6.45) is -8.22. The summed E-state index contributed by atoms with van der Waals surface area (Å²) in [6, 6.07) is 7.28. The highest BCUT2D eigenvalue weighted by Gasteiger charge is 2.32. The molecule has 0 amide bonds. The summed E-state index contributed by atoms with van der Waals surface area (Å²) < 4.78 is 71.7. The van der Waals surface area contributed by atoms with Crippen LogP contribution in [0.4, 0.5) is 26.3 Å². The van der Waals surface area contributed by atoms with E-state index in [2.05, 4.69) is 9.97 Å². The van der Waals surface area contributed by atoms with E-state index < -0.39 is 23.7 Å². The van der Waals surface area contributed by atoms with Crippen molar-refractivity contribution in [3.63, 3.8) is 0 Å². The minimum absolute atomic E-state index is 0.153. The third-order valence-corrected chi connectivity index (χ3v) is 2.68. The van der Waals surface area contributed by atoms with Gasteiger partial charge in [-0.05, 0) is 30.7 Å². The van der Waals surface area contributed by atoms with Crippen LogP contribution in [0.3, 0.4) is 0 Å². The number of aryl methyl sites for hydroxylation is 1. The second-order valence-electron chi connectivity index (χ2n) is 4.21. The highest BCUT2D eigenvalue weighted by Crippen LogP contribution is 2.28. The Bertz CT molecular complexity index is 640. The maximum Gasteiger partial charge on any atom is 0.433 e. The third kappa shape index (κ3) is 6.43. The standard InChI is InChI=1S/C8H8F3N.C6H3ClF3N/c1-2-6-4-3-5-7(12-6)8(9,10)11;7-5-3-1-2-4(11-5)6(8,9)10/h3-5H,2H2,1H3;1-3H. The molecule has 0 aliphatic rings. The normalized spacial score (nSPS) is 11.7. The Morgan fingerprint density at radius 3 is 1.70 bits per heavy atom. The van der Waals surface area contributed by atoms with Gasteiger partial charge in [0.15, 0.2) is 0 Å². The van der Waals surface area contributed by atoms with Crippen LogP contribution in [-0.4, -0.2) is 9.97 Å². The van der Waals surface area contributed by atoms with E-state index >= 15 is 0 Å². The molecule has 0 bridgehead atoms. The molecule has 2 heterocycles. The van der Waals surface area contributed by atoms with Crippen LogP contribution in [0, 0.1) is 0 Å². The van der Waals surface area contributed by atoms with Gasteiger partial charge in [0, 0.05) is 5.69 Å². The van der Waals surface area contributed by atoms with Crippen molar-refractivity contribution in [1.29, 1.82) is 0 Å². The Hall–Kier alpha value is -1.83. The minimum atomic E-state index is -4.41. The van der Waals surface area contributed by atoms with Crippen LogP contribution in [0.2, 0.25) is 5.15 Å². The Balaban J connectivity index is 0.000000231. The zero-order chi connectivity index (χ0) is 17.7. The average molecular weight is 357 g/mol. The van der Waals surface area contributed by atoms with Gasteiger partial charge in [-0.1, -0.05) is 30.7 Å². The summed E-state index contributed by atoms with van der Waals surface area (Å²) in [5.74, 6) is 0. The molecule has 0 aliphatic carbocycles. The molecule has 2 aromatic rings. The van der Waals surface area contributed by atoms with Crippen molar-refractivity contribution in [1.82, 2.24) is 9.97 Å². The van der Waals surface area contributed by atoms with Gasteiger partial charge < -0.3 is 0 Å². The zero-order valence-corrected chi connectivity index (χ0v) is 12.5. The molecule has 0 radical (unpaired) electrons. The lowest BCUT2D eigenvalue weighted by atomic mass is 10.2. The first-order valence-electron chi connectivity index (χ1n) is 6.27. The molecule has 2 nitrogen and oxygen atoms in total. The van der Waals surface area contributed by atoms with Gasteiger partial charge >= 0.3 is 12.4 Å². The third-order valence-electron chi connectivity index (χ3n) is 2.46. The van der Waals surface area contributed by atoms with Crippen molar-refractivity contribution in [2.45, 2.75) is 25.7 Å². The largest absolute Gasteiger partial charge is 0.433 e. The number of hydrogen-bond donors (Lipinski definition) is 0. The van der Waals surface area contributed by atoms with E-state index in [0.29, 0.717) is 12.1 Å². The Morgan fingerprint density at radius 2 is 1.30 bits per heavy atom. The van der Waals surface area contributed by atoms with Crippen LogP contribution in [0.15, 0.2) is 36.4 Å². The smallest absolute Gasteiger partial charge is 0.248 e. The molecule has 0 aliphatic heterocycles. The predicted octanol–water partition coefficient (Wildman–Crippen LogP) is 5.42. The van der Waals surface area contributed by atoms with E-state index in [9.17, 15) is 26.3 Å². The van der Waals surface area contributed by atoms with Crippen molar-refractivity contribution in [3.05, 3.63) is 58.6 Å². The maximum absolute atomic E-state index is 12.0. The van der Waals surface area contributed by atoms with Crippen molar-refractivity contribution >= 4 is 11.6 Å². The van der Waals surface area contributed by atoms with E-state index in [1.807, 2.05) is 0 Å². The highest BCUT2D eigenvalue weighted by molar-refractivity contribution is 6.29. The Labute approximate surface area is 133 Å². The van der Waals surface area contributed by atoms with E-state index in [1.165, 1.54) is 18.2 Å². The minimum Gasteiger partial charge on any atom is -0.248 e. The van der Waals surface area contributed by atoms with Gasteiger partial charge in [-0.25, -0.2) is 9.97 Å². The van der Waals surface area contributed by atoms with Crippen LogP contribution in [-0.2, 0) is 18.8 Å². The summed E-state index contributed by atoms with van der Waals surface area (Å²) >= 11 is 5.24. The molecule has 9 heteroatoms. The summed E-state index contributed by atoms with van der Waals surface area (Å²) in [7, 11) is 0. The predicted molar refractivity (Wildman–Crippen MR) is 72.9 cm³/mol. The molecular formula is C14H11ClF6N2. The lowest BCUT2D eigenvalue weighted by Crippen LogP contribution is -2.08. The quantitative estimate of drug-likeness (QED) is 0.504. The first kappa shape index (κ1) is 19.2. The molecule has 2 aromatic heterocycles. The maximum atomic E-state index is 12.0. The van der Waals surface area contributed by atoms with Gasteiger partial charge in [0.05, 0.1) is 0 Å². The first-order valence-corrected chi connectivity index (χ1v) is 6.64. The summed E-state index contributed by atoms with van der Waals surface area (Å²) in [5, 5.41) is -0.153. The SMILES string of the molecule is CCc1cccc(C(F)(F)F)n1.FC(F)(F)c1cccc(Cl)n1. The van der Waals surface area contributed by atoms with Gasteiger partial charge in [0.1, 0.15) is 16.5 Å². The number of hydrogen-bond acceptors (Lipinski definition) is 2. The van der Waals surface area contributed by atoms with Crippen molar-refractivity contribution in [3.8, 4) is 0 Å². The fourth-order valence-electron chi connectivity index (χ4n) is 1.40. The molecule has 0 fully saturated rings. The van der Waals surface area contributed by atoms with Crippen molar-refractivity contribution in [2.75, 3.05) is 0 Å². The second kappa shape index (κ2) is 7.63. The molecule has 0 atom stereocenters. The molecule has 0 saturated heterocycles. The molecule has 2 rings (SSSR count). The average Bonchev–Trinajstić information content (AvgIpc) is 2.46. The van der Waals surface area contributed by atoms with Crippen molar-refractivity contribution < 1.29 is 26.3 Å². The van der Waals surface area contributed by atoms with Gasteiger partial charge in [0.2, 0.25) is 0 Å². The monoisotopic (exact) mass is 356 g/mol. The first-order chi connectivity index (χ1) is 10.5. The van der Waals surface area contributed by atoms with Crippen LogP contribution < -0.4 is 0 Å². The fourth-order valence-corrected chi connectivity index (χ4v) is 1.56.